The number of carbonyl (C=O) groups excluding carboxylic acids is 1. The SMILES string of the molecule is COCCn1c(CC2CCCO2)nc2cc(C(F)(F)F)ccc21.Cc1cnc(C(N)=O)cn1. The maximum Gasteiger partial charge on any atom is 0.416 e. The first-order valence-corrected chi connectivity index (χ1v) is 10.4. The number of hydrogen-bond donors (Lipinski definition) is 1. The lowest BCUT2D eigenvalue weighted by Gasteiger charge is -2.12. The van der Waals surface area contributed by atoms with E-state index in [-0.39, 0.29) is 11.8 Å². The van der Waals surface area contributed by atoms with Crippen LogP contribution in [0, 0.1) is 6.92 Å². The molecule has 3 heterocycles. The zero-order valence-electron chi connectivity index (χ0n) is 18.4. The van der Waals surface area contributed by atoms with Gasteiger partial charge in [0, 0.05) is 32.9 Å². The van der Waals surface area contributed by atoms with Crippen LogP contribution in [-0.4, -0.2) is 51.9 Å². The number of nitrogens with zero attached hydrogens (tertiary/aromatic N) is 4. The van der Waals surface area contributed by atoms with Crippen molar-refractivity contribution >= 4 is 16.9 Å². The molecule has 3 aromatic rings. The molecule has 178 valence electrons. The molecule has 1 aliphatic heterocycles. The summed E-state index contributed by atoms with van der Waals surface area (Å²) in [5, 5.41) is 0. The van der Waals surface area contributed by atoms with E-state index in [2.05, 4.69) is 15.0 Å². The van der Waals surface area contributed by atoms with Gasteiger partial charge in [0.1, 0.15) is 11.5 Å². The molecule has 11 heteroatoms. The summed E-state index contributed by atoms with van der Waals surface area (Å²) in [6, 6.07) is 3.70. The van der Waals surface area contributed by atoms with Gasteiger partial charge in [0.15, 0.2) is 0 Å². The molecular formula is C22H26F3N5O3. The fourth-order valence-electron chi connectivity index (χ4n) is 3.47. The van der Waals surface area contributed by atoms with Crippen LogP contribution in [0.1, 0.15) is 40.4 Å². The van der Waals surface area contributed by atoms with Gasteiger partial charge in [0.25, 0.3) is 5.91 Å². The Kier molecular flexibility index (Phi) is 7.98. The number of benzene rings is 1. The Morgan fingerprint density at radius 1 is 1.30 bits per heavy atom. The largest absolute Gasteiger partial charge is 0.416 e. The van der Waals surface area contributed by atoms with Crippen molar-refractivity contribution in [3.8, 4) is 0 Å². The summed E-state index contributed by atoms with van der Waals surface area (Å²) in [5.74, 6) is 0.204. The van der Waals surface area contributed by atoms with E-state index >= 15 is 0 Å². The average Bonchev–Trinajstić information content (AvgIpc) is 3.39. The van der Waals surface area contributed by atoms with Gasteiger partial charge in [0.05, 0.1) is 41.2 Å². The van der Waals surface area contributed by atoms with Crippen molar-refractivity contribution in [1.82, 2.24) is 19.5 Å². The molecule has 8 nitrogen and oxygen atoms in total. The number of carbonyl (C=O) groups is 1. The molecule has 1 unspecified atom stereocenters. The number of fused-ring (bicyclic) bond motifs is 1. The molecule has 2 N–H and O–H groups in total. The van der Waals surface area contributed by atoms with Gasteiger partial charge in [-0.15, -0.1) is 0 Å². The van der Waals surface area contributed by atoms with Gasteiger partial charge < -0.3 is 19.8 Å². The van der Waals surface area contributed by atoms with E-state index < -0.39 is 17.6 Å². The Morgan fingerprint density at radius 3 is 2.67 bits per heavy atom. The van der Waals surface area contributed by atoms with Gasteiger partial charge >= 0.3 is 6.18 Å². The number of nitrogens with two attached hydrogens (primary N) is 1. The Bertz CT molecular complexity index is 1080. The molecule has 0 spiro atoms. The van der Waals surface area contributed by atoms with Crippen LogP contribution in [0.5, 0.6) is 0 Å². The number of imidazole rings is 1. The van der Waals surface area contributed by atoms with E-state index in [0.717, 1.165) is 43.1 Å². The number of hydrogen-bond acceptors (Lipinski definition) is 6. The maximum absolute atomic E-state index is 12.9. The monoisotopic (exact) mass is 465 g/mol. The Morgan fingerprint density at radius 2 is 2.09 bits per heavy atom. The second-order valence-electron chi connectivity index (χ2n) is 7.62. The first-order chi connectivity index (χ1) is 15.7. The van der Waals surface area contributed by atoms with Gasteiger partial charge in [-0.3, -0.25) is 9.78 Å². The summed E-state index contributed by atoms with van der Waals surface area (Å²) in [6.07, 6.45) is 1.18. The van der Waals surface area contributed by atoms with Crippen molar-refractivity contribution in [2.75, 3.05) is 20.3 Å². The van der Waals surface area contributed by atoms with Crippen LogP contribution in [0.15, 0.2) is 30.6 Å². The highest BCUT2D eigenvalue weighted by atomic mass is 19.4. The van der Waals surface area contributed by atoms with Gasteiger partial charge in [-0.05, 0) is 38.0 Å². The maximum atomic E-state index is 12.9. The minimum atomic E-state index is -4.36. The van der Waals surface area contributed by atoms with E-state index in [9.17, 15) is 18.0 Å². The molecule has 2 aromatic heterocycles. The molecule has 1 fully saturated rings. The number of alkyl halides is 3. The molecule has 1 atom stereocenters. The van der Waals surface area contributed by atoms with E-state index in [0.29, 0.717) is 30.6 Å². The predicted octanol–water partition coefficient (Wildman–Crippen LogP) is 3.31. The van der Waals surface area contributed by atoms with Crippen LogP contribution in [0.2, 0.25) is 0 Å². The number of amides is 1. The predicted molar refractivity (Wildman–Crippen MR) is 115 cm³/mol. The molecule has 1 amide bonds. The average molecular weight is 465 g/mol. The molecule has 0 aliphatic carbocycles. The number of primary amides is 1. The Balaban J connectivity index is 0.000000257. The van der Waals surface area contributed by atoms with Crippen molar-refractivity contribution < 1.29 is 27.4 Å². The first-order valence-electron chi connectivity index (χ1n) is 10.4. The third-order valence-corrected chi connectivity index (χ3v) is 5.14. The highest BCUT2D eigenvalue weighted by Gasteiger charge is 2.31. The van der Waals surface area contributed by atoms with Gasteiger partial charge in [0.2, 0.25) is 0 Å². The molecule has 1 aliphatic rings. The smallest absolute Gasteiger partial charge is 0.383 e. The highest BCUT2D eigenvalue weighted by molar-refractivity contribution is 5.90. The molecule has 1 aromatic carbocycles. The zero-order valence-corrected chi connectivity index (χ0v) is 18.4. The van der Waals surface area contributed by atoms with Crippen molar-refractivity contribution in [3.63, 3.8) is 0 Å². The lowest BCUT2D eigenvalue weighted by atomic mass is 10.2. The lowest BCUT2D eigenvalue weighted by molar-refractivity contribution is -0.137. The molecular weight excluding hydrogens is 439 g/mol. The third-order valence-electron chi connectivity index (χ3n) is 5.14. The van der Waals surface area contributed by atoms with Crippen LogP contribution in [0.25, 0.3) is 11.0 Å². The van der Waals surface area contributed by atoms with Crippen LogP contribution < -0.4 is 5.73 Å². The van der Waals surface area contributed by atoms with Gasteiger partial charge in [-0.1, -0.05) is 0 Å². The molecule has 33 heavy (non-hydrogen) atoms. The number of methoxy groups -OCH3 is 1. The van der Waals surface area contributed by atoms with Crippen LogP contribution in [0.4, 0.5) is 13.2 Å². The summed E-state index contributed by atoms with van der Waals surface area (Å²) in [4.78, 5) is 22.4. The first kappa shape index (κ1) is 24.6. The van der Waals surface area contributed by atoms with Gasteiger partial charge in [-0.25, -0.2) is 9.97 Å². The highest BCUT2D eigenvalue weighted by Crippen LogP contribution is 2.32. The Labute approximate surface area is 188 Å². The van der Waals surface area contributed by atoms with Crippen LogP contribution in [0.3, 0.4) is 0 Å². The normalized spacial score (nSPS) is 16.0. The molecule has 4 rings (SSSR count). The molecule has 1 saturated heterocycles. The van der Waals surface area contributed by atoms with E-state index in [4.69, 9.17) is 15.2 Å². The van der Waals surface area contributed by atoms with Crippen molar-refractivity contribution in [1.29, 1.82) is 0 Å². The fraction of sp³-hybridized carbons (Fsp3) is 0.455. The number of aryl methyl sites for hydroxylation is 1. The minimum absolute atomic E-state index is 0.0928. The molecule has 0 bridgehead atoms. The van der Waals surface area contributed by atoms with Crippen molar-refractivity contribution in [2.45, 2.75) is 45.0 Å². The summed E-state index contributed by atoms with van der Waals surface area (Å²) >= 11 is 0. The molecule has 0 saturated carbocycles. The standard InChI is InChI=1S/C16H19F3N2O2.C6H7N3O/c1-22-8-6-21-14-5-4-11(16(17,18)19)9-13(14)20-15(21)10-12-3-2-7-23-12;1-4-2-9-5(3-8-4)6(7)10/h4-5,9,12H,2-3,6-8,10H2,1H3;2-3H,1H3,(H2,7,10). The molecule has 0 radical (unpaired) electrons. The summed E-state index contributed by atoms with van der Waals surface area (Å²) in [7, 11) is 1.60. The zero-order chi connectivity index (χ0) is 24.0. The van der Waals surface area contributed by atoms with E-state index in [1.807, 2.05) is 4.57 Å². The van der Waals surface area contributed by atoms with Crippen LogP contribution >= 0.6 is 0 Å². The minimum Gasteiger partial charge on any atom is -0.383 e. The number of halogens is 3. The van der Waals surface area contributed by atoms with Gasteiger partial charge in [-0.2, -0.15) is 13.2 Å². The summed E-state index contributed by atoms with van der Waals surface area (Å²) in [5.41, 5.74) is 6.28. The topological polar surface area (TPSA) is 105 Å². The second kappa shape index (κ2) is 10.7. The number of rotatable bonds is 6. The quantitative estimate of drug-likeness (QED) is 0.599. The summed E-state index contributed by atoms with van der Waals surface area (Å²) in [6.45, 7) is 3.56. The van der Waals surface area contributed by atoms with Crippen LogP contribution in [-0.2, 0) is 28.6 Å². The number of ether oxygens (including phenoxy) is 2. The fourth-order valence-corrected chi connectivity index (χ4v) is 3.47. The lowest BCUT2D eigenvalue weighted by Crippen LogP contribution is -2.15. The second-order valence-corrected chi connectivity index (χ2v) is 7.62. The van der Waals surface area contributed by atoms with E-state index in [1.165, 1.54) is 18.5 Å². The van der Waals surface area contributed by atoms with E-state index in [1.54, 1.807) is 14.0 Å². The third kappa shape index (κ3) is 6.48. The van der Waals surface area contributed by atoms with Crippen molar-refractivity contribution in [2.24, 2.45) is 5.73 Å². The Hall–Kier alpha value is -3.05. The van der Waals surface area contributed by atoms with Crippen molar-refractivity contribution in [3.05, 3.63) is 53.4 Å². The summed E-state index contributed by atoms with van der Waals surface area (Å²) < 4.78 is 51.3. The number of aromatic nitrogens is 4.